The Morgan fingerprint density at radius 3 is 2.74 bits per heavy atom. The van der Waals surface area contributed by atoms with Gasteiger partial charge in [-0.15, -0.1) is 0 Å². The molecule has 1 aliphatic heterocycles. The first-order valence-corrected chi connectivity index (χ1v) is 10.8. The van der Waals surface area contributed by atoms with Crippen molar-refractivity contribution in [2.45, 2.75) is 31.2 Å². The molecule has 4 N–H and O–H groups in total. The molecule has 27 heavy (non-hydrogen) atoms. The van der Waals surface area contributed by atoms with Crippen LogP contribution in [0, 0.1) is 5.92 Å². The van der Waals surface area contributed by atoms with Crippen molar-refractivity contribution >= 4 is 16.0 Å². The van der Waals surface area contributed by atoms with E-state index in [9.17, 15) is 8.42 Å². The number of nitrogens with one attached hydrogen (secondary N) is 2. The van der Waals surface area contributed by atoms with Crippen LogP contribution in [0.25, 0.3) is 0 Å². The van der Waals surface area contributed by atoms with Gasteiger partial charge in [0.15, 0.2) is 5.96 Å². The lowest BCUT2D eigenvalue weighted by molar-refractivity contribution is 0.0888. The summed E-state index contributed by atoms with van der Waals surface area (Å²) in [5.74, 6) is 1.26. The fraction of sp³-hybridized carbons (Fsp3) is 0.611. The molecule has 1 unspecified atom stereocenters. The third kappa shape index (κ3) is 8.25. The Labute approximate surface area is 161 Å². The van der Waals surface area contributed by atoms with E-state index >= 15 is 0 Å². The highest BCUT2D eigenvalue weighted by Gasteiger charge is 2.15. The maximum absolute atomic E-state index is 11.3. The van der Waals surface area contributed by atoms with Gasteiger partial charge in [-0.1, -0.05) is 12.1 Å². The Bertz CT molecular complexity index is 686. The van der Waals surface area contributed by atoms with Crippen LogP contribution in [0.2, 0.25) is 0 Å². The molecule has 1 atom stereocenters. The topological polar surface area (TPSA) is 115 Å². The third-order valence-corrected chi connectivity index (χ3v) is 5.08. The molecule has 0 amide bonds. The third-order valence-electron chi connectivity index (χ3n) is 4.15. The number of aliphatic imine (C=N–C) groups is 1. The summed E-state index contributed by atoms with van der Waals surface area (Å²) in [5, 5.41) is 11.6. The second-order valence-corrected chi connectivity index (χ2v) is 8.03. The Morgan fingerprint density at radius 1 is 1.33 bits per heavy atom. The number of sulfonamides is 1. The van der Waals surface area contributed by atoms with Crippen molar-refractivity contribution in [3.63, 3.8) is 0 Å². The minimum Gasteiger partial charge on any atom is -0.381 e. The Kier molecular flexibility index (Phi) is 8.99. The standard InChI is InChI=1S/C18H30N4O4S/c1-2-20-18(21-9-3-10-25-13-16-8-11-26-14-16)22-12-15-4-6-17(7-5-15)27(19,23)24/h4-7,16H,2-3,8-14H2,1H3,(H2,19,23,24)(H2,20,21,22). The van der Waals surface area contributed by atoms with Gasteiger partial charge in [0.1, 0.15) is 0 Å². The summed E-state index contributed by atoms with van der Waals surface area (Å²) in [6, 6.07) is 6.42. The van der Waals surface area contributed by atoms with Gasteiger partial charge in [0.05, 0.1) is 24.7 Å². The second-order valence-electron chi connectivity index (χ2n) is 6.47. The number of nitrogens with two attached hydrogens (primary N) is 1. The van der Waals surface area contributed by atoms with Gasteiger partial charge in [-0.05, 0) is 37.5 Å². The number of guanidine groups is 1. The van der Waals surface area contributed by atoms with Crippen LogP contribution in [0.5, 0.6) is 0 Å². The summed E-state index contributed by atoms with van der Waals surface area (Å²) in [6.45, 7) is 7.10. The molecule has 0 bridgehead atoms. The van der Waals surface area contributed by atoms with Crippen molar-refractivity contribution in [2.24, 2.45) is 16.0 Å². The Morgan fingerprint density at radius 2 is 2.11 bits per heavy atom. The lowest BCUT2D eigenvalue weighted by Crippen LogP contribution is -2.38. The molecular weight excluding hydrogens is 368 g/mol. The van der Waals surface area contributed by atoms with Crippen LogP contribution in [0.15, 0.2) is 34.2 Å². The predicted octanol–water partition coefficient (Wildman–Crippen LogP) is 0.832. The van der Waals surface area contributed by atoms with E-state index in [-0.39, 0.29) is 4.90 Å². The zero-order valence-corrected chi connectivity index (χ0v) is 16.6. The molecule has 1 aromatic carbocycles. The molecule has 1 heterocycles. The molecule has 152 valence electrons. The lowest BCUT2D eigenvalue weighted by Gasteiger charge is -2.12. The van der Waals surface area contributed by atoms with Crippen molar-refractivity contribution in [1.29, 1.82) is 0 Å². The average molecular weight is 399 g/mol. The summed E-state index contributed by atoms with van der Waals surface area (Å²) in [6.07, 6.45) is 1.98. The minimum atomic E-state index is -3.66. The molecule has 1 aromatic rings. The van der Waals surface area contributed by atoms with E-state index in [1.165, 1.54) is 12.1 Å². The summed E-state index contributed by atoms with van der Waals surface area (Å²) in [5.41, 5.74) is 0.904. The summed E-state index contributed by atoms with van der Waals surface area (Å²) in [4.78, 5) is 4.61. The van der Waals surface area contributed by atoms with Gasteiger partial charge in [-0.25, -0.2) is 18.5 Å². The van der Waals surface area contributed by atoms with Crippen LogP contribution in [0.1, 0.15) is 25.3 Å². The fourth-order valence-corrected chi connectivity index (χ4v) is 3.16. The first-order chi connectivity index (χ1) is 13.0. The molecular formula is C18H30N4O4S. The highest BCUT2D eigenvalue weighted by molar-refractivity contribution is 7.89. The van der Waals surface area contributed by atoms with E-state index in [1.807, 2.05) is 6.92 Å². The molecule has 2 rings (SSSR count). The van der Waals surface area contributed by atoms with Crippen LogP contribution in [-0.2, 0) is 26.0 Å². The van der Waals surface area contributed by atoms with Gasteiger partial charge in [0.25, 0.3) is 0 Å². The summed E-state index contributed by atoms with van der Waals surface area (Å²) in [7, 11) is -3.66. The van der Waals surface area contributed by atoms with Gasteiger partial charge >= 0.3 is 0 Å². The van der Waals surface area contributed by atoms with Crippen LogP contribution in [-0.4, -0.2) is 53.9 Å². The van der Waals surface area contributed by atoms with Crippen molar-refractivity contribution in [1.82, 2.24) is 10.6 Å². The molecule has 0 saturated carbocycles. The van der Waals surface area contributed by atoms with Gasteiger partial charge in [0, 0.05) is 32.2 Å². The number of primary sulfonamides is 1. The molecule has 0 spiro atoms. The Balaban J connectivity index is 1.71. The van der Waals surface area contributed by atoms with E-state index in [0.717, 1.165) is 57.3 Å². The average Bonchev–Trinajstić information content (AvgIpc) is 3.15. The lowest BCUT2D eigenvalue weighted by atomic mass is 10.1. The first kappa shape index (κ1) is 21.6. The quantitative estimate of drug-likeness (QED) is 0.306. The van der Waals surface area contributed by atoms with Crippen molar-refractivity contribution in [3.05, 3.63) is 29.8 Å². The SMILES string of the molecule is CCNC(=NCc1ccc(S(N)(=O)=O)cc1)NCCCOCC1CCOC1. The zero-order valence-electron chi connectivity index (χ0n) is 15.8. The highest BCUT2D eigenvalue weighted by atomic mass is 32.2. The predicted molar refractivity (Wildman–Crippen MR) is 105 cm³/mol. The van der Waals surface area contributed by atoms with Crippen LogP contribution >= 0.6 is 0 Å². The molecule has 1 saturated heterocycles. The van der Waals surface area contributed by atoms with Gasteiger partial charge < -0.3 is 20.1 Å². The second kappa shape index (κ2) is 11.2. The van der Waals surface area contributed by atoms with E-state index in [4.69, 9.17) is 14.6 Å². The zero-order chi connectivity index (χ0) is 19.5. The normalized spacial score (nSPS) is 17.9. The largest absolute Gasteiger partial charge is 0.381 e. The number of nitrogens with zero attached hydrogens (tertiary/aromatic N) is 1. The van der Waals surface area contributed by atoms with Crippen LogP contribution in [0.4, 0.5) is 0 Å². The maximum atomic E-state index is 11.3. The van der Waals surface area contributed by atoms with Crippen LogP contribution in [0.3, 0.4) is 0 Å². The van der Waals surface area contributed by atoms with Crippen molar-refractivity contribution in [3.8, 4) is 0 Å². The molecule has 0 aliphatic carbocycles. The van der Waals surface area contributed by atoms with E-state index in [2.05, 4.69) is 15.6 Å². The molecule has 9 heteroatoms. The number of ether oxygens (including phenoxy) is 2. The van der Waals surface area contributed by atoms with Crippen molar-refractivity contribution in [2.75, 3.05) is 39.5 Å². The number of benzene rings is 1. The maximum Gasteiger partial charge on any atom is 0.238 e. The molecule has 8 nitrogen and oxygen atoms in total. The van der Waals surface area contributed by atoms with E-state index in [1.54, 1.807) is 12.1 Å². The molecule has 0 radical (unpaired) electrons. The number of hydrogen-bond acceptors (Lipinski definition) is 5. The van der Waals surface area contributed by atoms with Crippen LogP contribution < -0.4 is 15.8 Å². The first-order valence-electron chi connectivity index (χ1n) is 9.28. The smallest absolute Gasteiger partial charge is 0.238 e. The van der Waals surface area contributed by atoms with E-state index in [0.29, 0.717) is 19.1 Å². The highest BCUT2D eigenvalue weighted by Crippen LogP contribution is 2.12. The van der Waals surface area contributed by atoms with E-state index < -0.39 is 10.0 Å². The molecule has 0 aromatic heterocycles. The van der Waals surface area contributed by atoms with Gasteiger partial charge in [-0.2, -0.15) is 0 Å². The molecule has 1 fully saturated rings. The summed E-state index contributed by atoms with van der Waals surface area (Å²) >= 11 is 0. The number of rotatable bonds is 10. The summed E-state index contributed by atoms with van der Waals surface area (Å²) < 4.78 is 33.6. The van der Waals surface area contributed by atoms with Gasteiger partial charge in [-0.3, -0.25) is 0 Å². The monoisotopic (exact) mass is 398 g/mol. The fourth-order valence-electron chi connectivity index (χ4n) is 2.64. The Hall–Kier alpha value is -1.68. The number of hydrogen-bond donors (Lipinski definition) is 3. The van der Waals surface area contributed by atoms with Gasteiger partial charge in [0.2, 0.25) is 10.0 Å². The van der Waals surface area contributed by atoms with Crippen molar-refractivity contribution < 1.29 is 17.9 Å². The minimum absolute atomic E-state index is 0.101. The molecule has 1 aliphatic rings.